The van der Waals surface area contributed by atoms with Gasteiger partial charge in [0, 0.05) is 31.2 Å². The highest BCUT2D eigenvalue weighted by Gasteiger charge is 2.05. The summed E-state index contributed by atoms with van der Waals surface area (Å²) in [6.07, 6.45) is 4.11. The van der Waals surface area contributed by atoms with Gasteiger partial charge in [0.15, 0.2) is 0 Å². The van der Waals surface area contributed by atoms with E-state index in [0.717, 1.165) is 11.3 Å². The molecule has 0 bridgehead atoms. The third kappa shape index (κ3) is 3.01. The second-order valence-corrected chi connectivity index (χ2v) is 2.99. The molecular weight excluding hydrogens is 166 g/mol. The van der Waals surface area contributed by atoms with E-state index in [0.29, 0.717) is 13.0 Å². The molecule has 13 heavy (non-hydrogen) atoms. The van der Waals surface area contributed by atoms with Gasteiger partial charge in [0.2, 0.25) is 0 Å². The second-order valence-electron chi connectivity index (χ2n) is 2.99. The van der Waals surface area contributed by atoms with Crippen molar-refractivity contribution >= 4 is 5.69 Å². The van der Waals surface area contributed by atoms with E-state index in [1.807, 2.05) is 0 Å². The first-order valence-electron chi connectivity index (χ1n) is 4.17. The van der Waals surface area contributed by atoms with Crippen LogP contribution in [0, 0.1) is 0 Å². The first kappa shape index (κ1) is 9.95. The molecule has 1 rings (SSSR count). The molecule has 0 amide bonds. The van der Waals surface area contributed by atoms with E-state index in [9.17, 15) is 0 Å². The SMILES string of the molecule is COCC(N)Cc1cnccc1N. The van der Waals surface area contributed by atoms with Crippen LogP contribution in [0.2, 0.25) is 0 Å². The van der Waals surface area contributed by atoms with Crippen LogP contribution in [0.25, 0.3) is 0 Å². The second kappa shape index (κ2) is 4.79. The summed E-state index contributed by atoms with van der Waals surface area (Å²) < 4.78 is 4.93. The largest absolute Gasteiger partial charge is 0.398 e. The molecular formula is C9H15N3O. The fraction of sp³-hybridized carbons (Fsp3) is 0.444. The topological polar surface area (TPSA) is 74.2 Å². The highest BCUT2D eigenvalue weighted by molar-refractivity contribution is 5.44. The van der Waals surface area contributed by atoms with E-state index >= 15 is 0 Å². The van der Waals surface area contributed by atoms with Crippen LogP contribution in [-0.2, 0) is 11.2 Å². The molecule has 1 unspecified atom stereocenters. The molecule has 4 heteroatoms. The number of nitrogen functional groups attached to an aromatic ring is 1. The lowest BCUT2D eigenvalue weighted by atomic mass is 10.1. The van der Waals surface area contributed by atoms with Gasteiger partial charge in [0.25, 0.3) is 0 Å². The Morgan fingerprint density at radius 2 is 2.38 bits per heavy atom. The van der Waals surface area contributed by atoms with E-state index in [1.165, 1.54) is 0 Å². The zero-order valence-electron chi connectivity index (χ0n) is 7.73. The molecule has 0 spiro atoms. The molecule has 0 saturated heterocycles. The maximum absolute atomic E-state index is 5.78. The average Bonchev–Trinajstić information content (AvgIpc) is 2.09. The summed E-state index contributed by atoms with van der Waals surface area (Å²) in [5, 5.41) is 0. The minimum Gasteiger partial charge on any atom is -0.398 e. The molecule has 0 saturated carbocycles. The maximum Gasteiger partial charge on any atom is 0.0616 e. The Morgan fingerprint density at radius 3 is 3.00 bits per heavy atom. The van der Waals surface area contributed by atoms with Crippen molar-refractivity contribution in [3.63, 3.8) is 0 Å². The molecule has 4 nitrogen and oxygen atoms in total. The first-order valence-corrected chi connectivity index (χ1v) is 4.17. The van der Waals surface area contributed by atoms with Crippen molar-refractivity contribution in [2.45, 2.75) is 12.5 Å². The van der Waals surface area contributed by atoms with Crippen LogP contribution in [0.5, 0.6) is 0 Å². The summed E-state index contributed by atoms with van der Waals surface area (Å²) in [5.41, 5.74) is 13.2. The molecule has 0 aromatic carbocycles. The van der Waals surface area contributed by atoms with Gasteiger partial charge in [-0.25, -0.2) is 0 Å². The number of hydrogen-bond donors (Lipinski definition) is 2. The monoisotopic (exact) mass is 181 g/mol. The Morgan fingerprint density at radius 1 is 1.62 bits per heavy atom. The highest BCUT2D eigenvalue weighted by Crippen LogP contribution is 2.10. The first-order chi connectivity index (χ1) is 6.24. The molecule has 1 heterocycles. The van der Waals surface area contributed by atoms with Gasteiger partial charge >= 0.3 is 0 Å². The van der Waals surface area contributed by atoms with Gasteiger partial charge in [-0.3, -0.25) is 4.98 Å². The van der Waals surface area contributed by atoms with Crippen LogP contribution < -0.4 is 11.5 Å². The summed E-state index contributed by atoms with van der Waals surface area (Å²) in [6, 6.07) is 1.76. The fourth-order valence-corrected chi connectivity index (χ4v) is 1.16. The van der Waals surface area contributed by atoms with Crippen LogP contribution >= 0.6 is 0 Å². The Hall–Kier alpha value is -1.13. The fourth-order valence-electron chi connectivity index (χ4n) is 1.16. The van der Waals surface area contributed by atoms with Crippen molar-refractivity contribution < 1.29 is 4.74 Å². The van der Waals surface area contributed by atoms with Crippen molar-refractivity contribution in [3.8, 4) is 0 Å². The van der Waals surface area contributed by atoms with Gasteiger partial charge in [-0.1, -0.05) is 0 Å². The Bertz CT molecular complexity index is 265. The molecule has 1 aromatic rings. The van der Waals surface area contributed by atoms with Gasteiger partial charge in [-0.2, -0.15) is 0 Å². The molecule has 1 atom stereocenters. The Labute approximate surface area is 77.9 Å². The van der Waals surface area contributed by atoms with Gasteiger partial charge in [-0.15, -0.1) is 0 Å². The van der Waals surface area contributed by atoms with Crippen LogP contribution in [-0.4, -0.2) is 24.7 Å². The number of nitrogens with two attached hydrogens (primary N) is 2. The van der Waals surface area contributed by atoms with Crippen LogP contribution in [0.1, 0.15) is 5.56 Å². The zero-order chi connectivity index (χ0) is 9.68. The third-order valence-electron chi connectivity index (χ3n) is 1.80. The number of hydrogen-bond acceptors (Lipinski definition) is 4. The zero-order valence-corrected chi connectivity index (χ0v) is 7.73. The number of aromatic nitrogens is 1. The van der Waals surface area contributed by atoms with Crippen LogP contribution in [0.4, 0.5) is 5.69 Å². The molecule has 0 fully saturated rings. The summed E-state index contributed by atoms with van der Waals surface area (Å²) in [7, 11) is 1.63. The summed E-state index contributed by atoms with van der Waals surface area (Å²) >= 11 is 0. The molecule has 4 N–H and O–H groups in total. The lowest BCUT2D eigenvalue weighted by Crippen LogP contribution is -2.28. The molecule has 0 aliphatic carbocycles. The predicted molar refractivity (Wildman–Crippen MR) is 52.2 cm³/mol. The van der Waals surface area contributed by atoms with Crippen molar-refractivity contribution in [1.29, 1.82) is 0 Å². The maximum atomic E-state index is 5.78. The number of anilines is 1. The van der Waals surface area contributed by atoms with Gasteiger partial charge in [0.1, 0.15) is 0 Å². The number of ether oxygens (including phenoxy) is 1. The molecule has 72 valence electrons. The smallest absolute Gasteiger partial charge is 0.0616 e. The number of nitrogens with zero attached hydrogens (tertiary/aromatic N) is 1. The summed E-state index contributed by atoms with van der Waals surface area (Å²) in [4.78, 5) is 3.98. The van der Waals surface area contributed by atoms with Crippen LogP contribution in [0.15, 0.2) is 18.5 Å². The molecule has 0 aliphatic rings. The van der Waals surface area contributed by atoms with Crippen molar-refractivity contribution in [3.05, 3.63) is 24.0 Å². The quantitative estimate of drug-likeness (QED) is 0.695. The summed E-state index contributed by atoms with van der Waals surface area (Å²) in [6.45, 7) is 0.536. The van der Waals surface area contributed by atoms with Gasteiger partial charge in [0.05, 0.1) is 6.61 Å². The molecule has 0 radical (unpaired) electrons. The lowest BCUT2D eigenvalue weighted by Gasteiger charge is -2.11. The Kier molecular flexibility index (Phi) is 3.67. The third-order valence-corrected chi connectivity index (χ3v) is 1.80. The van der Waals surface area contributed by atoms with E-state index in [1.54, 1.807) is 25.6 Å². The number of methoxy groups -OCH3 is 1. The minimum absolute atomic E-state index is 0.0171. The summed E-state index contributed by atoms with van der Waals surface area (Å²) in [5.74, 6) is 0. The minimum atomic E-state index is -0.0171. The van der Waals surface area contributed by atoms with Gasteiger partial charge < -0.3 is 16.2 Å². The standard InChI is InChI=1S/C9H15N3O/c1-13-6-8(10)4-7-5-12-3-2-9(7)11/h2-3,5,8H,4,6,10H2,1H3,(H2,11,12). The predicted octanol–water partition coefficient (Wildman–Crippen LogP) is 0.180. The number of pyridine rings is 1. The molecule has 0 aliphatic heterocycles. The lowest BCUT2D eigenvalue weighted by molar-refractivity contribution is 0.180. The van der Waals surface area contributed by atoms with E-state index < -0.39 is 0 Å². The van der Waals surface area contributed by atoms with Crippen molar-refractivity contribution in [2.24, 2.45) is 5.73 Å². The van der Waals surface area contributed by atoms with Crippen LogP contribution in [0.3, 0.4) is 0 Å². The van der Waals surface area contributed by atoms with Crippen molar-refractivity contribution in [1.82, 2.24) is 4.98 Å². The highest BCUT2D eigenvalue weighted by atomic mass is 16.5. The molecule has 1 aromatic heterocycles. The Balaban J connectivity index is 2.58. The average molecular weight is 181 g/mol. The number of rotatable bonds is 4. The van der Waals surface area contributed by atoms with E-state index in [2.05, 4.69) is 4.98 Å². The van der Waals surface area contributed by atoms with E-state index in [-0.39, 0.29) is 6.04 Å². The van der Waals surface area contributed by atoms with Crippen molar-refractivity contribution in [2.75, 3.05) is 19.5 Å². The normalized spacial score (nSPS) is 12.8. The van der Waals surface area contributed by atoms with E-state index in [4.69, 9.17) is 16.2 Å². The van der Waals surface area contributed by atoms with Gasteiger partial charge in [-0.05, 0) is 18.1 Å².